The molecule has 0 amide bonds. The topological polar surface area (TPSA) is 66.8 Å². The second-order valence-corrected chi connectivity index (χ2v) is 1.87. The predicted octanol–water partition coefficient (Wildman–Crippen LogP) is -1.60. The van der Waals surface area contributed by atoms with Crippen LogP contribution in [0.1, 0.15) is 6.92 Å². The lowest BCUT2D eigenvalue weighted by Crippen LogP contribution is -2.28. The number of ether oxygens (including phenoxy) is 1. The highest BCUT2D eigenvalue weighted by Gasteiger charge is 2.12. The fourth-order valence-electron chi connectivity index (χ4n) is 0.305. The van der Waals surface area contributed by atoms with Crippen molar-refractivity contribution in [2.45, 2.75) is 19.0 Å². The van der Waals surface area contributed by atoms with Gasteiger partial charge in [0.1, 0.15) is 20.0 Å². The van der Waals surface area contributed by atoms with Crippen molar-refractivity contribution in [3.05, 3.63) is 0 Å². The van der Waals surface area contributed by atoms with Crippen LogP contribution in [0.5, 0.6) is 0 Å². The van der Waals surface area contributed by atoms with Crippen LogP contribution < -0.4 is 0 Å². The van der Waals surface area contributed by atoms with Crippen molar-refractivity contribution in [1.82, 2.24) is 0 Å². The first-order chi connectivity index (χ1) is 4.57. The van der Waals surface area contributed by atoms with E-state index in [0.717, 1.165) is 0 Å². The third-order valence-corrected chi connectivity index (χ3v) is 0.816. The van der Waals surface area contributed by atoms with Gasteiger partial charge in [-0.1, -0.05) is 0 Å². The zero-order valence-corrected chi connectivity index (χ0v) is 5.65. The molecule has 10 heavy (non-hydrogen) atoms. The monoisotopic (exact) mass is 144 g/mol. The van der Waals surface area contributed by atoms with Crippen LogP contribution in [0.4, 0.5) is 0 Å². The molecule has 4 nitrogen and oxygen atoms in total. The lowest BCUT2D eigenvalue weighted by atomic mass is 10.0. The molecule has 0 fully saturated rings. The molecular formula is C5H9BO4. The number of aliphatic hydroxyl groups excluding tert-OH is 2. The molecule has 0 bridgehead atoms. The molecule has 0 saturated heterocycles. The summed E-state index contributed by atoms with van der Waals surface area (Å²) >= 11 is 0. The van der Waals surface area contributed by atoms with Crippen molar-refractivity contribution in [1.29, 1.82) is 0 Å². The van der Waals surface area contributed by atoms with Gasteiger partial charge in [0, 0.05) is 0 Å². The zero-order chi connectivity index (χ0) is 8.15. The van der Waals surface area contributed by atoms with Crippen molar-refractivity contribution in [3.63, 3.8) is 0 Å². The van der Waals surface area contributed by atoms with Crippen LogP contribution in [-0.4, -0.2) is 42.7 Å². The Hall–Kier alpha value is -0.545. The summed E-state index contributed by atoms with van der Waals surface area (Å²) in [6.07, 6.45) is -0.620. The molecule has 0 aliphatic heterocycles. The number of rotatable bonds is 3. The second kappa shape index (κ2) is 4.30. The van der Waals surface area contributed by atoms with Crippen LogP contribution in [0.15, 0.2) is 0 Å². The van der Waals surface area contributed by atoms with Gasteiger partial charge in [-0.3, -0.25) is 4.79 Å². The number of carbonyl (C=O) groups is 1. The van der Waals surface area contributed by atoms with Crippen LogP contribution in [0.2, 0.25) is 0 Å². The molecule has 0 rings (SSSR count). The van der Waals surface area contributed by atoms with Crippen molar-refractivity contribution in [2.75, 3.05) is 6.61 Å². The average molecular weight is 144 g/mol. The van der Waals surface area contributed by atoms with E-state index in [9.17, 15) is 4.79 Å². The number of carbonyl (C=O) groups excluding carboxylic acids is 1. The van der Waals surface area contributed by atoms with Gasteiger partial charge in [0.15, 0.2) is 0 Å². The van der Waals surface area contributed by atoms with Crippen LogP contribution >= 0.6 is 0 Å². The highest BCUT2D eigenvalue weighted by molar-refractivity contribution is 6.21. The summed E-state index contributed by atoms with van der Waals surface area (Å²) in [4.78, 5) is 10.4. The average Bonchev–Trinajstić information content (AvgIpc) is 1.87. The van der Waals surface area contributed by atoms with E-state index in [0.29, 0.717) is 0 Å². The fourth-order valence-corrected chi connectivity index (χ4v) is 0.305. The molecule has 0 heterocycles. The minimum Gasteiger partial charge on any atom is -0.459 e. The second-order valence-electron chi connectivity index (χ2n) is 1.87. The summed E-state index contributed by atoms with van der Waals surface area (Å²) in [7, 11) is 4.74. The molecule has 5 heteroatoms. The van der Waals surface area contributed by atoms with Crippen LogP contribution in [0.25, 0.3) is 0 Å². The van der Waals surface area contributed by atoms with E-state index < -0.39 is 18.1 Å². The maximum absolute atomic E-state index is 10.4. The molecule has 2 atom stereocenters. The SMILES string of the molecule is [B]C(O)C(=O)OC(C)CO. The van der Waals surface area contributed by atoms with Gasteiger partial charge in [-0.05, 0) is 6.92 Å². The van der Waals surface area contributed by atoms with E-state index in [1.54, 1.807) is 0 Å². The first-order valence-corrected chi connectivity index (χ1v) is 2.83. The first-order valence-electron chi connectivity index (χ1n) is 2.83. The molecular weight excluding hydrogens is 135 g/mol. The standard InChI is InChI=1S/C5H9BO4/c1-3(2-7)10-5(9)4(6)8/h3-4,7-8H,2H2,1H3. The Morgan fingerprint density at radius 2 is 2.30 bits per heavy atom. The maximum atomic E-state index is 10.4. The summed E-state index contributed by atoms with van der Waals surface area (Å²) in [5.74, 6) is -0.929. The van der Waals surface area contributed by atoms with E-state index in [1.807, 2.05) is 0 Å². The van der Waals surface area contributed by atoms with Crippen molar-refractivity contribution in [2.24, 2.45) is 0 Å². The Kier molecular flexibility index (Phi) is 4.06. The van der Waals surface area contributed by atoms with E-state index in [4.69, 9.17) is 18.1 Å². The number of esters is 1. The van der Waals surface area contributed by atoms with Gasteiger partial charge < -0.3 is 14.9 Å². The highest BCUT2D eigenvalue weighted by atomic mass is 16.6. The fraction of sp³-hybridized carbons (Fsp3) is 0.800. The Bertz CT molecular complexity index is 114. The first kappa shape index (κ1) is 9.45. The minimum absolute atomic E-state index is 0.279. The third kappa shape index (κ3) is 3.47. The lowest BCUT2D eigenvalue weighted by Gasteiger charge is -2.11. The lowest BCUT2D eigenvalue weighted by molar-refractivity contribution is -0.155. The van der Waals surface area contributed by atoms with Gasteiger partial charge in [0.05, 0.1) is 6.61 Å². The largest absolute Gasteiger partial charge is 0.459 e. The van der Waals surface area contributed by atoms with E-state index in [2.05, 4.69) is 4.74 Å². The third-order valence-electron chi connectivity index (χ3n) is 0.816. The Morgan fingerprint density at radius 3 is 2.60 bits per heavy atom. The normalized spacial score (nSPS) is 15.9. The highest BCUT2D eigenvalue weighted by Crippen LogP contribution is 1.91. The molecule has 2 radical (unpaired) electrons. The molecule has 0 aliphatic carbocycles. The Labute approximate surface area is 60.2 Å². The van der Waals surface area contributed by atoms with E-state index in [1.165, 1.54) is 6.92 Å². The minimum atomic E-state index is -1.62. The van der Waals surface area contributed by atoms with Crippen LogP contribution in [0.3, 0.4) is 0 Å². The Balaban J connectivity index is 3.57. The summed E-state index contributed by atoms with van der Waals surface area (Å²) in [6.45, 7) is 1.21. The quantitative estimate of drug-likeness (QED) is 0.369. The molecule has 2 unspecified atom stereocenters. The summed E-state index contributed by atoms with van der Waals surface area (Å²) in [5, 5.41) is 16.8. The molecule has 0 spiro atoms. The molecule has 0 aliphatic rings. The van der Waals surface area contributed by atoms with Crippen molar-refractivity contribution >= 4 is 13.8 Å². The Morgan fingerprint density at radius 1 is 1.80 bits per heavy atom. The predicted molar refractivity (Wildman–Crippen MR) is 34.4 cm³/mol. The number of hydrogen-bond donors (Lipinski definition) is 2. The van der Waals surface area contributed by atoms with E-state index >= 15 is 0 Å². The van der Waals surface area contributed by atoms with Gasteiger partial charge in [-0.15, -0.1) is 0 Å². The summed E-state index contributed by atoms with van der Waals surface area (Å²) in [5.41, 5.74) is 0. The van der Waals surface area contributed by atoms with Gasteiger partial charge >= 0.3 is 5.97 Å². The molecule has 0 aromatic heterocycles. The molecule has 2 N–H and O–H groups in total. The van der Waals surface area contributed by atoms with Crippen LogP contribution in [0, 0.1) is 0 Å². The maximum Gasteiger partial charge on any atom is 0.325 e. The van der Waals surface area contributed by atoms with Gasteiger partial charge in [0.25, 0.3) is 0 Å². The summed E-state index contributed by atoms with van der Waals surface area (Å²) < 4.78 is 4.40. The smallest absolute Gasteiger partial charge is 0.325 e. The summed E-state index contributed by atoms with van der Waals surface area (Å²) in [6, 6.07) is -1.62. The molecule has 0 aromatic carbocycles. The van der Waals surface area contributed by atoms with Gasteiger partial charge in [0.2, 0.25) is 0 Å². The zero-order valence-electron chi connectivity index (χ0n) is 5.65. The van der Waals surface area contributed by atoms with Gasteiger partial charge in [-0.25, -0.2) is 0 Å². The van der Waals surface area contributed by atoms with E-state index in [-0.39, 0.29) is 6.61 Å². The van der Waals surface area contributed by atoms with Gasteiger partial charge in [-0.2, -0.15) is 0 Å². The molecule has 0 aromatic rings. The van der Waals surface area contributed by atoms with Crippen molar-refractivity contribution in [3.8, 4) is 0 Å². The number of aliphatic hydroxyl groups is 2. The number of hydrogen-bond acceptors (Lipinski definition) is 4. The van der Waals surface area contributed by atoms with Crippen LogP contribution in [-0.2, 0) is 9.53 Å². The molecule has 0 saturated carbocycles. The van der Waals surface area contributed by atoms with Crippen molar-refractivity contribution < 1.29 is 19.7 Å². The molecule has 56 valence electrons.